The maximum Gasteiger partial charge on any atom is 0.317 e. The Hall–Kier alpha value is -1.22. The van der Waals surface area contributed by atoms with Gasteiger partial charge in [0.15, 0.2) is 0 Å². The molecular formula is C16H28GdN3O9-. The van der Waals surface area contributed by atoms with Crippen molar-refractivity contribution in [3.63, 3.8) is 0 Å². The van der Waals surface area contributed by atoms with Gasteiger partial charge in [-0.1, -0.05) is 0 Å². The Morgan fingerprint density at radius 2 is 0.966 bits per heavy atom. The van der Waals surface area contributed by atoms with Crippen LogP contribution >= 0.6 is 0 Å². The maximum absolute atomic E-state index is 11.3. The molecule has 0 aromatic rings. The minimum Gasteiger partial charge on any atom is -0.480 e. The summed E-state index contributed by atoms with van der Waals surface area (Å²) in [4.78, 5) is 59.3. The molecule has 0 saturated carbocycles. The largest absolute Gasteiger partial charge is 0.480 e. The monoisotopic (exact) mass is 564 g/mol. The van der Waals surface area contributed by atoms with Crippen LogP contribution < -0.4 is 0 Å². The van der Waals surface area contributed by atoms with E-state index in [0.717, 1.165) is 0 Å². The van der Waals surface area contributed by atoms with Crippen LogP contribution in [0.15, 0.2) is 0 Å². The Morgan fingerprint density at radius 3 is 1.28 bits per heavy atom. The Balaban J connectivity index is -0.00000338. The number of carboxylic acid groups (broad SMARTS) is 3. The summed E-state index contributed by atoms with van der Waals surface area (Å²) in [6.07, 6.45) is 0. The average Bonchev–Trinajstić information content (AvgIpc) is 2.46. The van der Waals surface area contributed by atoms with Crippen molar-refractivity contribution in [3.8, 4) is 0 Å². The van der Waals surface area contributed by atoms with E-state index in [4.69, 9.17) is 15.3 Å². The predicted molar refractivity (Wildman–Crippen MR) is 96.9 cm³/mol. The molecule has 0 aliphatic heterocycles. The third-order valence-electron chi connectivity index (χ3n) is 3.39. The Bertz CT molecular complexity index is 488. The first-order valence-corrected chi connectivity index (χ1v) is 8.16. The van der Waals surface area contributed by atoms with E-state index in [9.17, 15) is 24.0 Å². The van der Waals surface area contributed by atoms with Crippen LogP contribution in [0.2, 0.25) is 0 Å². The van der Waals surface area contributed by atoms with Crippen molar-refractivity contribution in [2.24, 2.45) is 0 Å². The van der Waals surface area contributed by atoms with E-state index in [1.54, 1.807) is 4.90 Å². The molecule has 0 aliphatic rings. The minimum atomic E-state index is -1.19. The van der Waals surface area contributed by atoms with Gasteiger partial charge in [0.05, 0.1) is 26.2 Å². The van der Waals surface area contributed by atoms with E-state index < -0.39 is 31.0 Å². The van der Waals surface area contributed by atoms with Gasteiger partial charge in [-0.15, -0.1) is 0 Å². The second kappa shape index (κ2) is 17.6. The molecule has 29 heavy (non-hydrogen) atoms. The normalized spacial score (nSPS) is 10.3. The van der Waals surface area contributed by atoms with Gasteiger partial charge in [-0.25, -0.2) is 0 Å². The van der Waals surface area contributed by atoms with Crippen LogP contribution in [0.5, 0.6) is 0 Å². The smallest absolute Gasteiger partial charge is 0.317 e. The summed E-state index contributed by atoms with van der Waals surface area (Å²) >= 11 is 0. The summed E-state index contributed by atoms with van der Waals surface area (Å²) < 4.78 is 0. The zero-order chi connectivity index (χ0) is 21.0. The van der Waals surface area contributed by atoms with Crippen molar-refractivity contribution in [2.45, 2.75) is 6.92 Å². The molecule has 0 atom stereocenters. The van der Waals surface area contributed by atoms with Crippen LogP contribution in [0.3, 0.4) is 0 Å². The maximum atomic E-state index is 11.3. The van der Waals surface area contributed by atoms with Crippen molar-refractivity contribution in [1.29, 1.82) is 0 Å². The third-order valence-corrected chi connectivity index (χ3v) is 3.39. The predicted octanol–water partition coefficient (Wildman–Crippen LogP) is -2.69. The van der Waals surface area contributed by atoms with E-state index in [-0.39, 0.29) is 103 Å². The second-order valence-corrected chi connectivity index (χ2v) is 6.12. The number of nitrogens with zero attached hydrogens (tertiary/aromatic N) is 3. The van der Waals surface area contributed by atoms with Crippen LogP contribution in [0.1, 0.15) is 6.92 Å². The minimum absolute atomic E-state index is 0. The quantitative estimate of drug-likeness (QED) is 0.166. The van der Waals surface area contributed by atoms with Crippen molar-refractivity contribution in [3.05, 3.63) is 6.92 Å². The number of carbonyl (C=O) groups is 5. The second-order valence-electron chi connectivity index (χ2n) is 6.12. The molecule has 0 bridgehead atoms. The first-order valence-electron chi connectivity index (χ1n) is 8.16. The zero-order valence-electron chi connectivity index (χ0n) is 16.1. The molecule has 13 heteroatoms. The number of hydrogen-bond acceptors (Lipinski definition) is 8. The van der Waals surface area contributed by atoms with Crippen molar-refractivity contribution in [1.82, 2.24) is 14.7 Å². The summed E-state index contributed by atoms with van der Waals surface area (Å²) in [6, 6.07) is 0. The van der Waals surface area contributed by atoms with E-state index in [0.29, 0.717) is 0 Å². The topological polar surface area (TPSA) is 187 Å². The number of aliphatic carboxylic acids is 3. The van der Waals surface area contributed by atoms with Crippen molar-refractivity contribution >= 4 is 29.5 Å². The molecule has 0 aromatic carbocycles. The van der Waals surface area contributed by atoms with Gasteiger partial charge in [-0.3, -0.25) is 33.9 Å². The molecule has 0 aromatic heterocycles. The molecule has 0 aliphatic carbocycles. The van der Waals surface area contributed by atoms with Gasteiger partial charge >= 0.3 is 17.9 Å². The van der Waals surface area contributed by atoms with E-state index in [2.05, 4.69) is 6.92 Å². The Kier molecular flexibility index (Phi) is 19.7. The zero-order valence-corrected chi connectivity index (χ0v) is 18.4. The molecule has 5 N–H and O–H groups in total. The van der Waals surface area contributed by atoms with E-state index in [1.165, 1.54) is 16.7 Å². The molecule has 0 radical (unpaired) electrons. The van der Waals surface area contributed by atoms with Gasteiger partial charge in [0.1, 0.15) is 5.78 Å². The molecule has 0 fully saturated rings. The molecule has 170 valence electrons. The number of carbonyl (C=O) groups excluding carboxylic acids is 2. The first-order chi connectivity index (χ1) is 12.5. The van der Waals surface area contributed by atoms with Gasteiger partial charge in [-0.2, -0.15) is 0 Å². The van der Waals surface area contributed by atoms with Gasteiger partial charge in [0.2, 0.25) is 0 Å². The van der Waals surface area contributed by atoms with Gasteiger partial charge in [0, 0.05) is 78.4 Å². The van der Waals surface area contributed by atoms with Crippen molar-refractivity contribution in [2.75, 3.05) is 58.9 Å². The number of carboxylic acids is 3. The fourth-order valence-electron chi connectivity index (χ4n) is 2.40. The molecule has 0 rings (SSSR count). The number of ketones is 2. The van der Waals surface area contributed by atoms with Gasteiger partial charge in [-0.05, 0) is 6.92 Å². The molecule has 12 nitrogen and oxygen atoms in total. The molecule has 0 saturated heterocycles. The van der Waals surface area contributed by atoms with Crippen LogP contribution in [0.25, 0.3) is 0 Å². The standard InChI is InChI=1S/C16H26N3O8.Gd.H2O/c1-12(20)7-18(8-13(2)21)5-3-17(9-14(22)23)4-6-19(10-15(24)25)11-16(26)27;;/h1,3-11H2,2H3,(H,22,23)(H,24,25)(H,26,27);;1H2/q-1;;. The molecular weight excluding hydrogens is 535 g/mol. The summed E-state index contributed by atoms with van der Waals surface area (Å²) in [7, 11) is 0. The third kappa shape index (κ3) is 19.9. The summed E-state index contributed by atoms with van der Waals surface area (Å²) in [5, 5.41) is 26.7. The van der Waals surface area contributed by atoms with Crippen LogP contribution in [0.4, 0.5) is 0 Å². The average molecular weight is 564 g/mol. The Morgan fingerprint density at radius 1 is 0.655 bits per heavy atom. The molecule has 0 unspecified atom stereocenters. The Labute approximate surface area is 200 Å². The molecule has 0 heterocycles. The first kappa shape index (κ1) is 32.4. The summed E-state index contributed by atoms with van der Waals surface area (Å²) in [6.45, 7) is 3.84. The summed E-state index contributed by atoms with van der Waals surface area (Å²) in [5.41, 5.74) is 0. The van der Waals surface area contributed by atoms with Gasteiger partial charge in [0.25, 0.3) is 0 Å². The van der Waals surface area contributed by atoms with Crippen LogP contribution in [-0.2, 0) is 24.0 Å². The molecule has 0 amide bonds. The molecule has 0 spiro atoms. The van der Waals surface area contributed by atoms with Crippen molar-refractivity contribution < 1.29 is 84.7 Å². The van der Waals surface area contributed by atoms with E-state index in [1.807, 2.05) is 0 Å². The van der Waals surface area contributed by atoms with Gasteiger partial charge < -0.3 is 32.5 Å². The van der Waals surface area contributed by atoms with E-state index >= 15 is 0 Å². The fourth-order valence-corrected chi connectivity index (χ4v) is 2.40. The fraction of sp³-hybridized carbons (Fsp3) is 0.625. The number of rotatable bonds is 16. The van der Waals surface area contributed by atoms with Crippen LogP contribution in [-0.4, -0.2) is 124 Å². The van der Waals surface area contributed by atoms with Crippen LogP contribution in [0, 0.1) is 46.9 Å². The summed E-state index contributed by atoms with van der Waals surface area (Å²) in [5.74, 6) is -4.03. The number of hydrogen-bond donors (Lipinski definition) is 3. The SMILES string of the molecule is O.[CH2-]C(=O)CN(CCN(CCN(CC(=O)O)CC(=O)O)CC(=O)O)CC(C)=O.[Gd]. The number of Topliss-reactive ketones (excluding diaryl/α,β-unsaturated/α-hetero) is 2.